The number of aliphatic hydroxyl groups excluding tert-OH is 1. The lowest BCUT2D eigenvalue weighted by Gasteiger charge is -2.37. The molecule has 1 spiro atoms. The maximum atomic E-state index is 15.0. The molecule has 1 N–H and O–H groups in total. The Balaban J connectivity index is 1.33. The molecule has 3 amide bonds. The smallest absolute Gasteiger partial charge is 0.313 e. The number of anilines is 1. The third-order valence-corrected chi connectivity index (χ3v) is 11.6. The van der Waals surface area contributed by atoms with Gasteiger partial charge in [-0.1, -0.05) is 85.7 Å². The number of likely N-dealkylation sites (tertiary alicyclic amines) is 1. The van der Waals surface area contributed by atoms with Crippen molar-refractivity contribution in [1.82, 2.24) is 9.80 Å². The predicted molar refractivity (Wildman–Crippen MR) is 208 cm³/mol. The molecule has 3 aliphatic heterocycles. The van der Waals surface area contributed by atoms with Gasteiger partial charge < -0.3 is 29.3 Å². The largest absolute Gasteiger partial charge is 0.455 e. The van der Waals surface area contributed by atoms with Crippen molar-refractivity contribution >= 4 is 40.2 Å². The molecular weight excluding hydrogens is 682 g/mol. The number of aliphatic hydroxyl groups is 1. The molecule has 3 saturated heterocycles. The average Bonchev–Trinajstić information content (AvgIpc) is 3.84. The predicted octanol–water partition coefficient (Wildman–Crippen LogP) is 6.38. The lowest BCUT2D eigenvalue weighted by Crippen LogP contribution is -2.56. The Labute approximate surface area is 318 Å². The van der Waals surface area contributed by atoms with Gasteiger partial charge in [0.05, 0.1) is 24.0 Å². The number of likely N-dealkylation sites (N-methyl/N-ethyl adjacent to an activating group) is 1. The minimum absolute atomic E-state index is 0.0948. The van der Waals surface area contributed by atoms with Gasteiger partial charge in [-0.05, 0) is 67.5 Å². The molecule has 0 aliphatic carbocycles. The molecule has 10 nitrogen and oxygen atoms in total. The van der Waals surface area contributed by atoms with Crippen LogP contribution in [0.3, 0.4) is 0 Å². The fraction of sp³-hybridized carbons (Fsp3) is 0.455. The minimum Gasteiger partial charge on any atom is -0.455 e. The number of amides is 3. The van der Waals surface area contributed by atoms with Gasteiger partial charge in [0, 0.05) is 38.9 Å². The summed E-state index contributed by atoms with van der Waals surface area (Å²) in [5.41, 5.74) is 0.199. The first-order chi connectivity index (χ1) is 26.2. The van der Waals surface area contributed by atoms with E-state index in [1.54, 1.807) is 33.9 Å². The molecule has 2 bridgehead atoms. The summed E-state index contributed by atoms with van der Waals surface area (Å²) in [5, 5.41) is 11.4. The fourth-order valence-electron chi connectivity index (χ4n) is 8.76. The van der Waals surface area contributed by atoms with Gasteiger partial charge in [0.25, 0.3) is 5.91 Å². The molecule has 0 saturated carbocycles. The number of allylic oxidation sites excluding steroid dienone is 1. The number of carbonyl (C=O) groups excluding carboxylic acids is 4. The Morgan fingerprint density at radius 3 is 2.44 bits per heavy atom. The van der Waals surface area contributed by atoms with Crippen LogP contribution in [0.5, 0.6) is 0 Å². The highest BCUT2D eigenvalue weighted by Gasteiger charge is 2.75. The van der Waals surface area contributed by atoms with E-state index in [2.05, 4.69) is 13.2 Å². The van der Waals surface area contributed by atoms with Crippen LogP contribution in [-0.4, -0.2) is 89.1 Å². The molecule has 0 radical (unpaired) electrons. The Bertz CT molecular complexity index is 1850. The van der Waals surface area contributed by atoms with Gasteiger partial charge in [-0.2, -0.15) is 0 Å². The van der Waals surface area contributed by atoms with E-state index in [-0.39, 0.29) is 37.3 Å². The number of nitrogens with zero attached hydrogens (tertiary/aromatic N) is 3. The van der Waals surface area contributed by atoms with Crippen LogP contribution in [-0.2, 0) is 28.7 Å². The zero-order valence-electron chi connectivity index (χ0n) is 31.5. The van der Waals surface area contributed by atoms with Gasteiger partial charge in [-0.15, -0.1) is 13.2 Å². The molecular formula is C44H53N3O7. The number of benzene rings is 3. The van der Waals surface area contributed by atoms with Crippen molar-refractivity contribution in [3.63, 3.8) is 0 Å². The number of fused-ring (bicyclic) bond motifs is 2. The molecule has 286 valence electrons. The summed E-state index contributed by atoms with van der Waals surface area (Å²) in [4.78, 5) is 62.3. The summed E-state index contributed by atoms with van der Waals surface area (Å²) in [6.07, 6.45) is 6.59. The lowest BCUT2D eigenvalue weighted by molar-refractivity contribution is -0.164. The minimum atomic E-state index is -1.21. The van der Waals surface area contributed by atoms with E-state index < -0.39 is 47.7 Å². The summed E-state index contributed by atoms with van der Waals surface area (Å²) in [5.74, 6) is -3.05. The summed E-state index contributed by atoms with van der Waals surface area (Å²) >= 11 is 0. The highest BCUT2D eigenvalue weighted by Crippen LogP contribution is 2.59. The lowest BCUT2D eigenvalue weighted by atomic mass is 9.70. The van der Waals surface area contributed by atoms with Crippen molar-refractivity contribution < 1.29 is 33.8 Å². The van der Waals surface area contributed by atoms with E-state index in [0.717, 1.165) is 29.2 Å². The second kappa shape index (κ2) is 17.1. The number of hydrogen-bond acceptors (Lipinski definition) is 7. The Hall–Kier alpha value is -4.80. The zero-order valence-corrected chi connectivity index (χ0v) is 31.5. The van der Waals surface area contributed by atoms with Crippen LogP contribution in [0, 0.1) is 11.8 Å². The monoisotopic (exact) mass is 735 g/mol. The number of hydrogen-bond donors (Lipinski definition) is 1. The molecule has 3 heterocycles. The topological polar surface area (TPSA) is 117 Å². The van der Waals surface area contributed by atoms with E-state index >= 15 is 4.79 Å². The molecule has 54 heavy (non-hydrogen) atoms. The van der Waals surface area contributed by atoms with E-state index in [9.17, 15) is 19.5 Å². The second-order valence-corrected chi connectivity index (χ2v) is 14.8. The van der Waals surface area contributed by atoms with Crippen molar-refractivity contribution in [3.8, 4) is 0 Å². The maximum absolute atomic E-state index is 15.0. The number of esters is 1. The first-order valence-corrected chi connectivity index (χ1v) is 19.3. The summed E-state index contributed by atoms with van der Waals surface area (Å²) < 4.78 is 13.1. The van der Waals surface area contributed by atoms with E-state index in [1.807, 2.05) is 79.7 Å². The van der Waals surface area contributed by atoms with Crippen LogP contribution in [0.25, 0.3) is 10.8 Å². The highest BCUT2D eigenvalue weighted by atomic mass is 16.6. The first kappa shape index (κ1) is 38.9. The van der Waals surface area contributed by atoms with Gasteiger partial charge in [0.1, 0.15) is 17.7 Å². The summed E-state index contributed by atoms with van der Waals surface area (Å²) in [7, 11) is 1.70. The Morgan fingerprint density at radius 1 is 1.00 bits per heavy atom. The van der Waals surface area contributed by atoms with Crippen molar-refractivity contribution in [2.75, 3.05) is 31.6 Å². The van der Waals surface area contributed by atoms with Crippen LogP contribution in [0.4, 0.5) is 5.69 Å². The standard InChI is InChI=1S/C44H53N3O7/c1-5-7-21-36(49)45(4)30(3)39(32-18-11-10-12-19-32)53-43(52)37-35-24-25-44(54-35)38(37)41(50)47(27-15-8-9-16-28-48)40(44)42(51)46(26-6-2)34-23-22-31-17-13-14-20-33(31)29-34/h5-6,10-14,17-20,22-23,29-30,35,37-40,48H,1-2,7-9,15-16,21,24-28H2,3-4H3/t30-,35-,37+,38+,39+,40-,44+/m0/s1. The van der Waals surface area contributed by atoms with Gasteiger partial charge in [-0.3, -0.25) is 19.2 Å². The van der Waals surface area contributed by atoms with Crippen LogP contribution < -0.4 is 4.90 Å². The highest BCUT2D eigenvalue weighted by molar-refractivity contribution is 6.05. The van der Waals surface area contributed by atoms with Crippen molar-refractivity contribution in [1.29, 1.82) is 0 Å². The average molecular weight is 736 g/mol. The quantitative estimate of drug-likeness (QED) is 0.0916. The van der Waals surface area contributed by atoms with Crippen molar-refractivity contribution in [2.45, 2.75) is 88.2 Å². The molecule has 3 aromatic rings. The van der Waals surface area contributed by atoms with Crippen LogP contribution >= 0.6 is 0 Å². The molecule has 3 fully saturated rings. The van der Waals surface area contributed by atoms with Crippen LogP contribution in [0.2, 0.25) is 0 Å². The molecule has 0 aromatic heterocycles. The van der Waals surface area contributed by atoms with E-state index in [0.29, 0.717) is 44.3 Å². The van der Waals surface area contributed by atoms with Gasteiger partial charge in [-0.25, -0.2) is 0 Å². The molecule has 3 aliphatic rings. The third-order valence-electron chi connectivity index (χ3n) is 11.6. The van der Waals surface area contributed by atoms with Crippen LogP contribution in [0.15, 0.2) is 98.1 Å². The Kier molecular flexibility index (Phi) is 12.3. The molecule has 3 aromatic carbocycles. The van der Waals surface area contributed by atoms with E-state index in [4.69, 9.17) is 9.47 Å². The molecule has 0 unspecified atom stereocenters. The second-order valence-electron chi connectivity index (χ2n) is 14.8. The molecule has 10 heteroatoms. The number of ether oxygens (including phenoxy) is 2. The fourth-order valence-corrected chi connectivity index (χ4v) is 8.76. The molecule has 6 rings (SSSR count). The number of carbonyl (C=O) groups is 4. The zero-order chi connectivity index (χ0) is 38.4. The first-order valence-electron chi connectivity index (χ1n) is 19.3. The Morgan fingerprint density at radius 2 is 1.72 bits per heavy atom. The molecule has 7 atom stereocenters. The number of unbranched alkanes of at least 4 members (excludes halogenated alkanes) is 3. The number of rotatable bonds is 18. The van der Waals surface area contributed by atoms with Crippen molar-refractivity contribution in [2.24, 2.45) is 11.8 Å². The normalized spacial score (nSPS) is 23.8. The SMILES string of the molecule is C=CCCC(=O)N(C)[C@@H](C)[C@@H](OC(=O)[C@@H]1[C@@H]2CC[C@]3(O2)[C@H](C(=O)N(CC=C)c2ccc4ccccc4c2)N(CCCCCCO)C(=O)[C@@H]13)c1ccccc1. The van der Waals surface area contributed by atoms with Gasteiger partial charge >= 0.3 is 5.97 Å². The van der Waals surface area contributed by atoms with Gasteiger partial charge in [0.15, 0.2) is 0 Å². The summed E-state index contributed by atoms with van der Waals surface area (Å²) in [6.45, 7) is 10.2. The summed E-state index contributed by atoms with van der Waals surface area (Å²) in [6, 6.07) is 21.6. The third kappa shape index (κ3) is 7.46. The maximum Gasteiger partial charge on any atom is 0.313 e. The van der Waals surface area contributed by atoms with Crippen LogP contribution in [0.1, 0.15) is 70.0 Å². The van der Waals surface area contributed by atoms with E-state index in [1.165, 1.54) is 0 Å². The van der Waals surface area contributed by atoms with Crippen molar-refractivity contribution in [3.05, 3.63) is 104 Å². The van der Waals surface area contributed by atoms with Gasteiger partial charge in [0.2, 0.25) is 11.8 Å².